The molecule has 196 valence electrons. The Morgan fingerprint density at radius 1 is 0.842 bits per heavy atom. The van der Waals surface area contributed by atoms with Crippen LogP contribution < -0.4 is 4.90 Å². The molecule has 1 fully saturated rings. The first-order chi connectivity index (χ1) is 18.1. The fourth-order valence-corrected chi connectivity index (χ4v) is 4.83. The highest BCUT2D eigenvalue weighted by molar-refractivity contribution is 6.36. The molecule has 2 heterocycles. The maximum atomic E-state index is 13.6. The fourth-order valence-electron chi connectivity index (χ4n) is 4.33. The minimum absolute atomic E-state index is 0.179. The van der Waals surface area contributed by atoms with Crippen molar-refractivity contribution < 1.29 is 22.4 Å². The number of anilines is 1. The van der Waals surface area contributed by atoms with E-state index in [1.807, 2.05) is 4.90 Å². The van der Waals surface area contributed by atoms with Gasteiger partial charge in [-0.2, -0.15) is 13.2 Å². The smallest absolute Gasteiger partial charge is 0.368 e. The maximum Gasteiger partial charge on any atom is 0.416 e. The van der Waals surface area contributed by atoms with Crippen LogP contribution in [0.15, 0.2) is 72.9 Å². The molecule has 38 heavy (non-hydrogen) atoms. The van der Waals surface area contributed by atoms with Gasteiger partial charge in [-0.05, 0) is 66.7 Å². The molecule has 0 bridgehead atoms. The van der Waals surface area contributed by atoms with Crippen molar-refractivity contribution in [3.63, 3.8) is 0 Å². The summed E-state index contributed by atoms with van der Waals surface area (Å²) in [6.07, 6.45) is -2.81. The van der Waals surface area contributed by atoms with Crippen LogP contribution in [0.5, 0.6) is 0 Å². The number of benzene rings is 3. The first-order valence-electron chi connectivity index (χ1n) is 11.6. The molecule has 0 radical (unpaired) electrons. The van der Waals surface area contributed by atoms with E-state index < -0.39 is 17.6 Å². The van der Waals surface area contributed by atoms with Gasteiger partial charge in [-0.3, -0.25) is 9.36 Å². The Morgan fingerprint density at radius 3 is 2.08 bits per heavy atom. The summed E-state index contributed by atoms with van der Waals surface area (Å²) < 4.78 is 53.8. The van der Waals surface area contributed by atoms with Crippen molar-refractivity contribution in [2.45, 2.75) is 6.18 Å². The normalized spacial score (nSPS) is 14.2. The molecule has 3 aromatic carbocycles. The summed E-state index contributed by atoms with van der Waals surface area (Å²) in [7, 11) is 0. The number of carbonyl (C=O) groups is 1. The van der Waals surface area contributed by atoms with Crippen LogP contribution in [0.2, 0.25) is 10.0 Å². The van der Waals surface area contributed by atoms with E-state index in [0.29, 0.717) is 59.0 Å². The Labute approximate surface area is 225 Å². The van der Waals surface area contributed by atoms with E-state index in [1.54, 1.807) is 46.0 Å². The van der Waals surface area contributed by atoms with Crippen molar-refractivity contribution >= 4 is 34.8 Å². The van der Waals surface area contributed by atoms with E-state index in [1.165, 1.54) is 24.3 Å². The summed E-state index contributed by atoms with van der Waals surface area (Å²) >= 11 is 12.5. The van der Waals surface area contributed by atoms with Gasteiger partial charge >= 0.3 is 6.18 Å². The molecule has 11 heteroatoms. The van der Waals surface area contributed by atoms with Crippen molar-refractivity contribution in [2.75, 3.05) is 31.1 Å². The summed E-state index contributed by atoms with van der Waals surface area (Å²) in [5.41, 5.74) is 1.27. The second kappa shape index (κ2) is 10.3. The Balaban J connectivity index is 1.38. The van der Waals surface area contributed by atoms with Gasteiger partial charge in [0.25, 0.3) is 5.91 Å². The van der Waals surface area contributed by atoms with Crippen LogP contribution in [0, 0.1) is 5.82 Å². The van der Waals surface area contributed by atoms with Crippen LogP contribution in [0.4, 0.5) is 23.2 Å². The van der Waals surface area contributed by atoms with Gasteiger partial charge in [0, 0.05) is 54.3 Å². The van der Waals surface area contributed by atoms with Gasteiger partial charge < -0.3 is 9.80 Å². The van der Waals surface area contributed by atoms with Gasteiger partial charge in [0.1, 0.15) is 17.3 Å². The molecule has 1 aliphatic heterocycles. The standard InChI is InChI=1S/C27H20Cl2F4N4O/c28-18-3-10-22(23(29)15-18)25-34-24(16-37(25)21-8-4-19(30)5-9-21)26(38)36-13-11-35(12-14-36)20-6-1-17(2-7-20)27(31,32)33/h1-10,15-16H,11-14H2. The van der Waals surface area contributed by atoms with Crippen LogP contribution >= 0.6 is 23.2 Å². The van der Waals surface area contributed by atoms with Crippen LogP contribution in [-0.2, 0) is 6.18 Å². The maximum absolute atomic E-state index is 13.6. The number of rotatable bonds is 4. The third kappa shape index (κ3) is 5.35. The summed E-state index contributed by atoms with van der Waals surface area (Å²) in [4.78, 5) is 21.6. The molecule has 1 saturated heterocycles. The van der Waals surface area contributed by atoms with E-state index in [2.05, 4.69) is 4.98 Å². The van der Waals surface area contributed by atoms with Gasteiger partial charge in [0.15, 0.2) is 0 Å². The van der Waals surface area contributed by atoms with Crippen LogP contribution in [0.1, 0.15) is 16.1 Å². The van der Waals surface area contributed by atoms with Crippen LogP contribution in [0.3, 0.4) is 0 Å². The average molecular weight is 563 g/mol. The number of imidazole rings is 1. The lowest BCUT2D eigenvalue weighted by Gasteiger charge is -2.36. The van der Waals surface area contributed by atoms with Gasteiger partial charge in [0.2, 0.25) is 0 Å². The van der Waals surface area contributed by atoms with E-state index in [0.717, 1.165) is 12.1 Å². The van der Waals surface area contributed by atoms with Crippen molar-refractivity contribution in [2.24, 2.45) is 0 Å². The number of hydrogen-bond acceptors (Lipinski definition) is 3. The highest BCUT2D eigenvalue weighted by Gasteiger charge is 2.31. The van der Waals surface area contributed by atoms with Gasteiger partial charge in [0.05, 0.1) is 10.6 Å². The predicted octanol–water partition coefficient (Wildman–Crippen LogP) is 6.97. The minimum Gasteiger partial charge on any atom is -0.368 e. The first-order valence-corrected chi connectivity index (χ1v) is 12.4. The lowest BCUT2D eigenvalue weighted by Crippen LogP contribution is -2.48. The Morgan fingerprint density at radius 2 is 1.47 bits per heavy atom. The molecule has 0 spiro atoms. The van der Waals surface area contributed by atoms with Crippen molar-refractivity contribution in [3.8, 4) is 17.1 Å². The number of nitrogens with zero attached hydrogens (tertiary/aromatic N) is 4. The summed E-state index contributed by atoms with van der Waals surface area (Å²) in [6.45, 7) is 1.62. The number of hydrogen-bond donors (Lipinski definition) is 0. The zero-order valence-corrected chi connectivity index (χ0v) is 21.2. The highest BCUT2D eigenvalue weighted by Crippen LogP contribution is 2.33. The van der Waals surface area contributed by atoms with Gasteiger partial charge in [-0.25, -0.2) is 9.37 Å². The second-order valence-electron chi connectivity index (χ2n) is 8.74. The molecule has 1 aliphatic rings. The molecule has 0 saturated carbocycles. The predicted molar refractivity (Wildman–Crippen MR) is 139 cm³/mol. The average Bonchev–Trinajstić information content (AvgIpc) is 3.33. The number of piperazine rings is 1. The topological polar surface area (TPSA) is 41.4 Å². The number of alkyl halides is 3. The largest absolute Gasteiger partial charge is 0.416 e. The SMILES string of the molecule is O=C(c1cn(-c2ccc(F)cc2)c(-c2ccc(Cl)cc2Cl)n1)N1CCN(c2ccc(C(F)(F)F)cc2)CC1. The molecule has 5 nitrogen and oxygen atoms in total. The van der Waals surface area contributed by atoms with Gasteiger partial charge in [-0.15, -0.1) is 0 Å². The first kappa shape index (κ1) is 26.1. The molecule has 1 amide bonds. The van der Waals surface area contributed by atoms with Crippen LogP contribution in [0.25, 0.3) is 17.1 Å². The molecule has 5 rings (SSSR count). The Hall–Kier alpha value is -3.56. The molecule has 0 atom stereocenters. The van der Waals surface area contributed by atoms with Crippen LogP contribution in [-0.4, -0.2) is 46.5 Å². The number of carbonyl (C=O) groups excluding carboxylic acids is 1. The van der Waals surface area contributed by atoms with E-state index >= 15 is 0 Å². The third-order valence-corrected chi connectivity index (χ3v) is 6.88. The summed E-state index contributed by atoms with van der Waals surface area (Å²) in [5, 5.41) is 0.788. The van der Waals surface area contributed by atoms with Crippen molar-refractivity contribution in [1.29, 1.82) is 0 Å². The number of aromatic nitrogens is 2. The van der Waals surface area contributed by atoms with E-state index in [-0.39, 0.29) is 11.6 Å². The fraction of sp³-hybridized carbons (Fsp3) is 0.185. The van der Waals surface area contributed by atoms with E-state index in [4.69, 9.17) is 23.2 Å². The summed E-state index contributed by atoms with van der Waals surface area (Å²) in [6, 6.07) is 15.7. The van der Waals surface area contributed by atoms with Crippen molar-refractivity contribution in [3.05, 3.63) is 100 Å². The van der Waals surface area contributed by atoms with Gasteiger partial charge in [-0.1, -0.05) is 23.2 Å². The molecule has 4 aromatic rings. The molecule has 0 N–H and O–H groups in total. The zero-order valence-electron chi connectivity index (χ0n) is 19.7. The lowest BCUT2D eigenvalue weighted by atomic mass is 10.1. The molecular formula is C27H20Cl2F4N4O. The Kier molecular flexibility index (Phi) is 7.07. The van der Waals surface area contributed by atoms with E-state index in [9.17, 15) is 22.4 Å². The third-order valence-electron chi connectivity index (χ3n) is 6.33. The molecular weight excluding hydrogens is 543 g/mol. The molecule has 1 aromatic heterocycles. The monoisotopic (exact) mass is 562 g/mol. The minimum atomic E-state index is -4.39. The highest BCUT2D eigenvalue weighted by atomic mass is 35.5. The number of halogens is 6. The number of amides is 1. The zero-order chi connectivity index (χ0) is 27.0. The second-order valence-corrected chi connectivity index (χ2v) is 9.59. The lowest BCUT2D eigenvalue weighted by molar-refractivity contribution is -0.137. The molecule has 0 aliphatic carbocycles. The molecule has 0 unspecified atom stereocenters. The quantitative estimate of drug-likeness (QED) is 0.252. The summed E-state index contributed by atoms with van der Waals surface area (Å²) in [5.74, 6) is -0.309. The Bertz CT molecular complexity index is 1460. The van der Waals surface area contributed by atoms with Crippen molar-refractivity contribution in [1.82, 2.24) is 14.5 Å².